The minimum absolute atomic E-state index is 0.0625. The van der Waals surface area contributed by atoms with Gasteiger partial charge >= 0.3 is 0 Å². The minimum atomic E-state index is -3.22. The lowest BCUT2D eigenvalue weighted by Gasteiger charge is -2.29. The summed E-state index contributed by atoms with van der Waals surface area (Å²) in [6, 6.07) is 14.5. The van der Waals surface area contributed by atoms with Crippen molar-refractivity contribution in [2.75, 3.05) is 39.1 Å². The van der Waals surface area contributed by atoms with Crippen molar-refractivity contribution in [1.29, 1.82) is 0 Å². The summed E-state index contributed by atoms with van der Waals surface area (Å²) >= 11 is 1.73. The first-order valence-corrected chi connectivity index (χ1v) is 12.5. The Balaban J connectivity index is 1.32. The molecule has 0 aromatic heterocycles. The summed E-state index contributed by atoms with van der Waals surface area (Å²) in [6.07, 6.45) is 0.844. The maximum absolute atomic E-state index is 12.6. The zero-order valence-corrected chi connectivity index (χ0v) is 18.0. The molecule has 2 amide bonds. The van der Waals surface area contributed by atoms with Crippen LogP contribution < -0.4 is 14.5 Å². The predicted octanol–water partition coefficient (Wildman–Crippen LogP) is 3.08. The van der Waals surface area contributed by atoms with Crippen LogP contribution in [0.1, 0.15) is 19.3 Å². The summed E-state index contributed by atoms with van der Waals surface area (Å²) in [5.41, 5.74) is 2.08. The van der Waals surface area contributed by atoms with Gasteiger partial charge in [0.1, 0.15) is 0 Å². The summed E-state index contributed by atoms with van der Waals surface area (Å²) in [5.74, 6) is 0.699. The van der Waals surface area contributed by atoms with Gasteiger partial charge in [-0.25, -0.2) is 8.42 Å². The Morgan fingerprint density at radius 2 is 1.77 bits per heavy atom. The molecular formula is C21H23N3O4S2. The molecule has 0 saturated carbocycles. The van der Waals surface area contributed by atoms with E-state index in [4.69, 9.17) is 0 Å². The van der Waals surface area contributed by atoms with E-state index in [-0.39, 0.29) is 30.4 Å². The van der Waals surface area contributed by atoms with E-state index in [0.717, 1.165) is 16.3 Å². The highest BCUT2D eigenvalue weighted by molar-refractivity contribution is 7.99. The molecule has 2 heterocycles. The van der Waals surface area contributed by atoms with Gasteiger partial charge in [0.2, 0.25) is 21.8 Å². The SMILES string of the molecule is O=C(CCC(=O)N1CCSc2ccccc21)Nc1ccc(N2CCCS2(=O)=O)cc1. The second-order valence-corrected chi connectivity index (χ2v) is 10.3. The summed E-state index contributed by atoms with van der Waals surface area (Å²) < 4.78 is 25.4. The van der Waals surface area contributed by atoms with Crippen molar-refractivity contribution in [3.8, 4) is 0 Å². The van der Waals surface area contributed by atoms with Crippen LogP contribution in [0.3, 0.4) is 0 Å². The fourth-order valence-corrected chi connectivity index (χ4v) is 6.21. The predicted molar refractivity (Wildman–Crippen MR) is 120 cm³/mol. The van der Waals surface area contributed by atoms with Crippen molar-refractivity contribution in [2.24, 2.45) is 0 Å². The molecule has 2 aliphatic rings. The molecule has 0 aliphatic carbocycles. The highest BCUT2D eigenvalue weighted by Gasteiger charge is 2.28. The monoisotopic (exact) mass is 445 g/mol. The minimum Gasteiger partial charge on any atom is -0.326 e. The number of amides is 2. The molecule has 1 N–H and O–H groups in total. The van der Waals surface area contributed by atoms with Gasteiger partial charge in [-0.2, -0.15) is 0 Å². The van der Waals surface area contributed by atoms with Gasteiger partial charge < -0.3 is 10.2 Å². The molecule has 7 nitrogen and oxygen atoms in total. The maximum Gasteiger partial charge on any atom is 0.235 e. The number of hydrogen-bond donors (Lipinski definition) is 1. The molecule has 9 heteroatoms. The fourth-order valence-electron chi connectivity index (χ4n) is 3.65. The molecule has 0 radical (unpaired) electrons. The molecule has 0 atom stereocenters. The number of rotatable bonds is 5. The number of sulfonamides is 1. The molecule has 0 unspecified atom stereocenters. The van der Waals surface area contributed by atoms with E-state index in [1.165, 1.54) is 4.31 Å². The second kappa shape index (κ2) is 8.69. The second-order valence-electron chi connectivity index (χ2n) is 7.20. The average Bonchev–Trinajstić information content (AvgIpc) is 3.11. The highest BCUT2D eigenvalue weighted by atomic mass is 32.2. The van der Waals surface area contributed by atoms with E-state index in [1.54, 1.807) is 40.9 Å². The van der Waals surface area contributed by atoms with Gasteiger partial charge in [0.15, 0.2) is 0 Å². The molecule has 0 spiro atoms. The zero-order valence-electron chi connectivity index (χ0n) is 16.4. The van der Waals surface area contributed by atoms with Gasteiger partial charge in [0, 0.05) is 42.3 Å². The third-order valence-electron chi connectivity index (χ3n) is 5.13. The lowest BCUT2D eigenvalue weighted by Crippen LogP contribution is -2.35. The van der Waals surface area contributed by atoms with Crippen molar-refractivity contribution < 1.29 is 18.0 Å². The zero-order chi connectivity index (χ0) is 21.1. The van der Waals surface area contributed by atoms with E-state index in [2.05, 4.69) is 5.32 Å². The van der Waals surface area contributed by atoms with E-state index in [9.17, 15) is 18.0 Å². The molecule has 1 fully saturated rings. The van der Waals surface area contributed by atoms with E-state index in [0.29, 0.717) is 30.9 Å². The fraction of sp³-hybridized carbons (Fsp3) is 0.333. The lowest BCUT2D eigenvalue weighted by molar-refractivity contribution is -0.122. The standard InChI is InChI=1S/C21H23N3O4S2/c25-20(10-11-21(26)23-13-14-29-19-5-2-1-4-18(19)23)22-16-6-8-17(9-7-16)24-12-3-15-30(24,27)28/h1-2,4-9H,3,10-15H2,(H,22,25). The van der Waals surface area contributed by atoms with Crippen LogP contribution >= 0.6 is 11.8 Å². The van der Waals surface area contributed by atoms with Crippen LogP contribution in [0.15, 0.2) is 53.4 Å². The molecule has 2 aliphatic heterocycles. The van der Waals surface area contributed by atoms with Gasteiger partial charge in [-0.15, -0.1) is 11.8 Å². The van der Waals surface area contributed by atoms with Gasteiger partial charge in [0.25, 0.3) is 0 Å². The lowest BCUT2D eigenvalue weighted by atomic mass is 10.2. The Morgan fingerprint density at radius 3 is 2.50 bits per heavy atom. The normalized spacial score (nSPS) is 17.5. The topological polar surface area (TPSA) is 86.8 Å². The van der Waals surface area contributed by atoms with E-state index < -0.39 is 10.0 Å². The molecule has 2 aromatic rings. The third kappa shape index (κ3) is 4.46. The number of thioether (sulfide) groups is 1. The Morgan fingerprint density at radius 1 is 1.00 bits per heavy atom. The number of benzene rings is 2. The van der Waals surface area contributed by atoms with Crippen molar-refractivity contribution in [3.05, 3.63) is 48.5 Å². The Labute approximate surface area is 180 Å². The van der Waals surface area contributed by atoms with Crippen LogP contribution in [-0.2, 0) is 19.6 Å². The van der Waals surface area contributed by atoms with Crippen molar-refractivity contribution >= 4 is 50.7 Å². The van der Waals surface area contributed by atoms with Gasteiger partial charge in [-0.3, -0.25) is 13.9 Å². The third-order valence-corrected chi connectivity index (χ3v) is 8.05. The van der Waals surface area contributed by atoms with E-state index >= 15 is 0 Å². The first-order chi connectivity index (χ1) is 14.4. The Hall–Kier alpha value is -2.52. The smallest absolute Gasteiger partial charge is 0.235 e. The largest absolute Gasteiger partial charge is 0.326 e. The molecule has 4 rings (SSSR count). The number of para-hydroxylation sites is 1. The van der Waals surface area contributed by atoms with Crippen LogP contribution in [-0.4, -0.2) is 44.8 Å². The van der Waals surface area contributed by atoms with Crippen LogP contribution in [0.4, 0.5) is 17.1 Å². The molecular weight excluding hydrogens is 422 g/mol. The summed E-state index contributed by atoms with van der Waals surface area (Å²) in [5, 5.41) is 2.78. The Kier molecular flexibility index (Phi) is 6.01. The summed E-state index contributed by atoms with van der Waals surface area (Å²) in [6.45, 7) is 1.12. The summed E-state index contributed by atoms with van der Waals surface area (Å²) in [7, 11) is -3.22. The molecule has 0 bridgehead atoms. The van der Waals surface area contributed by atoms with E-state index in [1.807, 2.05) is 24.3 Å². The van der Waals surface area contributed by atoms with Crippen LogP contribution in [0.25, 0.3) is 0 Å². The number of nitrogens with zero attached hydrogens (tertiary/aromatic N) is 2. The number of carbonyl (C=O) groups excluding carboxylic acids is 2. The first-order valence-electron chi connectivity index (χ1n) is 9.86. The number of anilines is 3. The molecule has 158 valence electrons. The summed E-state index contributed by atoms with van der Waals surface area (Å²) in [4.78, 5) is 27.8. The highest BCUT2D eigenvalue weighted by Crippen LogP contribution is 2.34. The first kappa shape index (κ1) is 20.7. The number of fused-ring (bicyclic) bond motifs is 1. The molecule has 2 aromatic carbocycles. The van der Waals surface area contributed by atoms with Crippen molar-refractivity contribution in [2.45, 2.75) is 24.2 Å². The van der Waals surface area contributed by atoms with Crippen LogP contribution in [0.5, 0.6) is 0 Å². The molecule has 30 heavy (non-hydrogen) atoms. The number of hydrogen-bond acceptors (Lipinski definition) is 5. The van der Waals surface area contributed by atoms with Gasteiger partial charge in [0.05, 0.1) is 17.1 Å². The van der Waals surface area contributed by atoms with Crippen molar-refractivity contribution in [1.82, 2.24) is 0 Å². The van der Waals surface area contributed by atoms with Gasteiger partial charge in [-0.05, 0) is 42.8 Å². The van der Waals surface area contributed by atoms with Crippen molar-refractivity contribution in [3.63, 3.8) is 0 Å². The average molecular weight is 446 g/mol. The van der Waals surface area contributed by atoms with Crippen LogP contribution in [0.2, 0.25) is 0 Å². The quantitative estimate of drug-likeness (QED) is 0.764. The number of nitrogens with one attached hydrogen (secondary N) is 1. The Bertz CT molecular complexity index is 1050. The van der Waals surface area contributed by atoms with Gasteiger partial charge in [-0.1, -0.05) is 12.1 Å². The van der Waals surface area contributed by atoms with Crippen LogP contribution in [0, 0.1) is 0 Å². The maximum atomic E-state index is 12.6. The number of carbonyl (C=O) groups is 2. The molecule has 1 saturated heterocycles.